The van der Waals surface area contributed by atoms with E-state index in [1.165, 1.54) is 0 Å². The Morgan fingerprint density at radius 1 is 1.12 bits per heavy atom. The third kappa shape index (κ3) is 2.80. The maximum absolute atomic E-state index is 12.8. The smallest absolute Gasteiger partial charge is 0.348 e. The number of carbonyl (C=O) groups is 3. The van der Waals surface area contributed by atoms with Gasteiger partial charge in [0.05, 0.1) is 19.7 Å². The molecule has 1 atom stereocenters. The van der Waals surface area contributed by atoms with Crippen LogP contribution >= 0.6 is 0 Å². The summed E-state index contributed by atoms with van der Waals surface area (Å²) < 4.78 is -0.373. The van der Waals surface area contributed by atoms with Gasteiger partial charge in [-0.15, -0.1) is 0 Å². The fraction of sp³-hybridized carbons (Fsp3) is 0.421. The monoisotopic (exact) mass is 327 g/mol. The Balaban J connectivity index is 1.86. The van der Waals surface area contributed by atoms with E-state index < -0.39 is 5.92 Å². The molecule has 1 N–H and O–H groups in total. The highest BCUT2D eigenvalue weighted by molar-refractivity contribution is 6.10. The van der Waals surface area contributed by atoms with Gasteiger partial charge in [-0.05, 0) is 36.8 Å². The molecule has 0 radical (unpaired) electrons. The summed E-state index contributed by atoms with van der Waals surface area (Å²) in [4.78, 5) is 38.2. The van der Waals surface area contributed by atoms with Gasteiger partial charge >= 0.3 is 11.8 Å². The molecule has 5 nitrogen and oxygen atoms in total. The highest BCUT2D eigenvalue weighted by Crippen LogP contribution is 2.38. The molecule has 1 aromatic carbocycles. The number of hydrogen-bond acceptors (Lipinski definition) is 3. The van der Waals surface area contributed by atoms with Gasteiger partial charge in [-0.3, -0.25) is 4.79 Å². The first-order valence-electron chi connectivity index (χ1n) is 8.39. The van der Waals surface area contributed by atoms with Gasteiger partial charge in [0.25, 0.3) is 0 Å². The summed E-state index contributed by atoms with van der Waals surface area (Å²) in [5, 5.41) is 2.87. The highest BCUT2D eigenvalue weighted by atomic mass is 16.2. The van der Waals surface area contributed by atoms with E-state index in [9.17, 15) is 14.4 Å². The van der Waals surface area contributed by atoms with Gasteiger partial charge in [-0.25, -0.2) is 9.59 Å². The minimum absolute atomic E-state index is 0.151. The Kier molecular flexibility index (Phi) is 4.37. The lowest BCUT2D eigenvalue weighted by Gasteiger charge is -2.36. The molecule has 1 aliphatic carbocycles. The zero-order chi connectivity index (χ0) is 17.3. The van der Waals surface area contributed by atoms with Crippen LogP contribution < -0.4 is 5.32 Å². The van der Waals surface area contributed by atoms with Crippen LogP contribution in [0, 0.1) is 5.92 Å². The maximum Gasteiger partial charge on any atom is 0.348 e. The number of likely N-dealkylation sites (N-methyl/N-ethyl adjacent to an activating group) is 1. The first-order valence-corrected chi connectivity index (χ1v) is 8.39. The van der Waals surface area contributed by atoms with Crippen molar-refractivity contribution >= 4 is 17.7 Å². The Morgan fingerprint density at radius 2 is 1.79 bits per heavy atom. The Hall–Kier alpha value is -2.27. The van der Waals surface area contributed by atoms with Crippen LogP contribution in [0.5, 0.6) is 0 Å². The normalized spacial score (nSPS) is 23.0. The molecule has 0 saturated carbocycles. The van der Waals surface area contributed by atoms with Gasteiger partial charge in [-0.1, -0.05) is 30.3 Å². The fourth-order valence-electron chi connectivity index (χ4n) is 3.56. The summed E-state index contributed by atoms with van der Waals surface area (Å²) in [5.74, 6) is -1.61. The molecule has 0 saturated heterocycles. The van der Waals surface area contributed by atoms with E-state index in [-0.39, 0.29) is 22.2 Å². The molecule has 3 amide bonds. The van der Waals surface area contributed by atoms with Gasteiger partial charge in [0.1, 0.15) is 0 Å². The van der Waals surface area contributed by atoms with Crippen LogP contribution in [-0.4, -0.2) is 36.3 Å². The molecule has 3 rings (SSSR count). The summed E-state index contributed by atoms with van der Waals surface area (Å²) in [7, 11) is 3.17. The first-order chi connectivity index (χ1) is 11.4. The van der Waals surface area contributed by atoms with Crippen LogP contribution in [0.25, 0.3) is 0 Å². The average Bonchev–Trinajstić information content (AvgIpc) is 2.60. The SMILES string of the molecule is C[N+]1(C)C(=O)C2=C(CCCC2)C(C(=O)NCc2ccccc2)C1=O. The van der Waals surface area contributed by atoms with Crippen molar-refractivity contribution in [2.45, 2.75) is 32.2 Å². The van der Waals surface area contributed by atoms with Crippen LogP contribution in [-0.2, 0) is 20.9 Å². The lowest BCUT2D eigenvalue weighted by molar-refractivity contribution is -0.735. The van der Waals surface area contributed by atoms with E-state index in [2.05, 4.69) is 5.32 Å². The number of hydrogen-bond donors (Lipinski definition) is 1. The van der Waals surface area contributed by atoms with Gasteiger partial charge in [0.2, 0.25) is 5.91 Å². The summed E-state index contributed by atoms with van der Waals surface area (Å²) in [5.41, 5.74) is 2.43. The number of rotatable bonds is 3. The minimum Gasteiger partial charge on any atom is -0.351 e. The molecular formula is C19H23N2O3+. The summed E-state index contributed by atoms with van der Waals surface area (Å²) >= 11 is 0. The number of quaternary nitrogens is 1. The van der Waals surface area contributed by atoms with Crippen molar-refractivity contribution in [3.63, 3.8) is 0 Å². The van der Waals surface area contributed by atoms with Gasteiger partial charge in [0.15, 0.2) is 5.92 Å². The molecule has 5 heteroatoms. The van der Waals surface area contributed by atoms with Crippen molar-refractivity contribution < 1.29 is 18.9 Å². The van der Waals surface area contributed by atoms with Crippen molar-refractivity contribution in [2.24, 2.45) is 5.92 Å². The molecule has 1 unspecified atom stereocenters. The van der Waals surface area contributed by atoms with Crippen molar-refractivity contribution in [1.82, 2.24) is 5.32 Å². The van der Waals surface area contributed by atoms with E-state index in [0.717, 1.165) is 24.0 Å². The lowest BCUT2D eigenvalue weighted by atomic mass is 9.78. The Bertz CT molecular complexity index is 719. The second kappa shape index (κ2) is 6.32. The van der Waals surface area contributed by atoms with Crippen molar-refractivity contribution in [2.75, 3.05) is 14.1 Å². The molecule has 0 spiro atoms. The van der Waals surface area contributed by atoms with Crippen molar-refractivity contribution in [1.29, 1.82) is 0 Å². The molecule has 1 aliphatic heterocycles. The van der Waals surface area contributed by atoms with Crippen molar-refractivity contribution in [3.05, 3.63) is 47.0 Å². The minimum atomic E-state index is -0.836. The van der Waals surface area contributed by atoms with Crippen LogP contribution in [0.2, 0.25) is 0 Å². The third-order valence-electron chi connectivity index (χ3n) is 4.99. The Labute approximate surface area is 141 Å². The van der Waals surface area contributed by atoms with E-state index in [4.69, 9.17) is 0 Å². The van der Waals surface area contributed by atoms with Gasteiger partial charge in [-0.2, -0.15) is 4.48 Å². The summed E-state index contributed by atoms with van der Waals surface area (Å²) in [6.07, 6.45) is 3.20. The molecule has 0 bridgehead atoms. The second-order valence-corrected chi connectivity index (χ2v) is 6.94. The number of amides is 3. The standard InChI is InChI=1S/C19H22N2O3/c1-21(2)18(23)15-11-7-6-10-14(15)16(19(21)24)17(22)20-12-13-8-4-3-5-9-13/h3-5,8-9,16H,6-7,10-12H2,1-2H3/p+1. The van der Waals surface area contributed by atoms with Crippen LogP contribution in [0.4, 0.5) is 0 Å². The van der Waals surface area contributed by atoms with E-state index in [0.29, 0.717) is 25.0 Å². The largest absolute Gasteiger partial charge is 0.351 e. The number of carbonyl (C=O) groups excluding carboxylic acids is 3. The topological polar surface area (TPSA) is 63.2 Å². The predicted octanol–water partition coefficient (Wildman–Crippen LogP) is 1.93. The zero-order valence-corrected chi connectivity index (χ0v) is 14.2. The van der Waals surface area contributed by atoms with E-state index in [1.807, 2.05) is 30.3 Å². The number of benzene rings is 1. The second-order valence-electron chi connectivity index (χ2n) is 6.94. The van der Waals surface area contributed by atoms with Crippen LogP contribution in [0.15, 0.2) is 41.5 Å². The number of imide groups is 1. The molecule has 126 valence electrons. The molecular weight excluding hydrogens is 304 g/mol. The maximum atomic E-state index is 12.8. The van der Waals surface area contributed by atoms with Crippen LogP contribution in [0.1, 0.15) is 31.2 Å². The fourth-order valence-corrected chi connectivity index (χ4v) is 3.56. The highest BCUT2D eigenvalue weighted by Gasteiger charge is 2.52. The molecule has 0 fully saturated rings. The Morgan fingerprint density at radius 3 is 2.50 bits per heavy atom. The lowest BCUT2D eigenvalue weighted by Crippen LogP contribution is -2.60. The predicted molar refractivity (Wildman–Crippen MR) is 89.4 cm³/mol. The zero-order valence-electron chi connectivity index (χ0n) is 14.2. The van der Waals surface area contributed by atoms with Crippen LogP contribution in [0.3, 0.4) is 0 Å². The molecule has 2 aliphatic rings. The van der Waals surface area contributed by atoms with E-state index in [1.54, 1.807) is 14.1 Å². The molecule has 0 aromatic heterocycles. The molecule has 24 heavy (non-hydrogen) atoms. The average molecular weight is 327 g/mol. The van der Waals surface area contributed by atoms with Gasteiger partial charge in [0, 0.05) is 6.54 Å². The quantitative estimate of drug-likeness (QED) is 0.524. The number of nitrogens with zero attached hydrogens (tertiary/aromatic N) is 1. The van der Waals surface area contributed by atoms with Crippen molar-refractivity contribution in [3.8, 4) is 0 Å². The summed E-state index contributed by atoms with van der Waals surface area (Å²) in [6, 6.07) is 9.59. The van der Waals surface area contributed by atoms with Gasteiger partial charge < -0.3 is 5.32 Å². The molecule has 1 aromatic rings. The number of nitrogens with one attached hydrogen (secondary N) is 1. The third-order valence-corrected chi connectivity index (χ3v) is 4.99. The van der Waals surface area contributed by atoms with E-state index >= 15 is 0 Å². The first kappa shape index (κ1) is 16.6. The summed E-state index contributed by atoms with van der Waals surface area (Å²) in [6.45, 7) is 0.382. The molecule has 1 heterocycles.